The molecule has 0 radical (unpaired) electrons. The van der Waals surface area contributed by atoms with Crippen LogP contribution in [0.15, 0.2) is 0 Å². The third-order valence-electron chi connectivity index (χ3n) is 0. The summed E-state index contributed by atoms with van der Waals surface area (Å²) in [5.41, 5.74) is 0. The van der Waals surface area contributed by atoms with E-state index in [1.807, 2.05) is 0 Å². The second-order valence-corrected chi connectivity index (χ2v) is 1.34. The molecule has 0 spiro atoms. The molecule has 10 nitrogen and oxygen atoms in total. The van der Waals surface area contributed by atoms with Crippen molar-refractivity contribution in [3.8, 4) is 0 Å². The molecule has 86 valence electrons. The molecule has 0 atom stereocenters. The van der Waals surface area contributed by atoms with Gasteiger partial charge < -0.3 is 37.1 Å². The van der Waals surface area contributed by atoms with E-state index in [2.05, 4.69) is 0 Å². The summed E-state index contributed by atoms with van der Waals surface area (Å²) in [6.45, 7) is 0. The fourth-order valence-corrected chi connectivity index (χ4v) is 0. The van der Waals surface area contributed by atoms with Crippen molar-refractivity contribution >= 4 is 33.5 Å². The van der Waals surface area contributed by atoms with Gasteiger partial charge in [-0.25, -0.2) is 0 Å². The second kappa shape index (κ2) is 36.9. The van der Waals surface area contributed by atoms with Crippen molar-refractivity contribution in [3.63, 3.8) is 0 Å². The zero-order valence-electron chi connectivity index (χ0n) is 9.83. The van der Waals surface area contributed by atoms with Crippen LogP contribution in [0.4, 0.5) is 0 Å². The molecule has 0 heterocycles. The molecule has 0 aliphatic carbocycles. The van der Waals surface area contributed by atoms with E-state index in [9.17, 15) is 0 Å². The van der Waals surface area contributed by atoms with Crippen molar-refractivity contribution in [1.82, 2.24) is 0 Å². The Balaban J connectivity index is -0.00000000145. The van der Waals surface area contributed by atoms with Gasteiger partial charge >= 0.3 is 84.8 Å². The Morgan fingerprint density at radius 1 is 0.769 bits per heavy atom. The largest absolute Gasteiger partial charge is 2.00 e. The number of hydrogen-bond acceptors (Lipinski definition) is 2. The van der Waals surface area contributed by atoms with Crippen molar-refractivity contribution in [2.45, 2.75) is 0 Å². The monoisotopic (exact) mass is 272 g/mol. The molecule has 0 saturated heterocycles. The van der Waals surface area contributed by atoms with Crippen LogP contribution in [0.5, 0.6) is 0 Å². The predicted octanol–water partition coefficient (Wildman–Crippen LogP) is -8.64. The Morgan fingerprint density at radius 3 is 0.769 bits per heavy atom. The van der Waals surface area contributed by atoms with E-state index in [1.165, 1.54) is 0 Å². The first-order valence-electron chi connectivity index (χ1n) is 0.698. The molecule has 0 saturated carbocycles. The van der Waals surface area contributed by atoms with Gasteiger partial charge in [-0.05, 0) is 0 Å². The summed E-state index contributed by atoms with van der Waals surface area (Å²) in [4.78, 5) is 0. The molecule has 0 rings (SSSR count). The topological polar surface area (TPSA) is 264 Å². The van der Waals surface area contributed by atoms with Crippen LogP contribution >= 0.6 is 0 Å². The van der Waals surface area contributed by atoms with Crippen LogP contribution in [0.1, 0.15) is 4.28 Å². The quantitative estimate of drug-likeness (QED) is 0.321. The van der Waals surface area contributed by atoms with Crippen LogP contribution in [-0.4, -0.2) is 73.4 Å². The summed E-state index contributed by atoms with van der Waals surface area (Å²) in [6, 6.07) is 0. The standard InChI is InChI=1S/K.Mg.H2O4S.6H2O.3H/c;;1-5(2,3)4;;;;;;;;;/h;;(H2,1,2,3,4);6*1H2;;;/q+1;+2;;;;;;;;3*-1. The van der Waals surface area contributed by atoms with E-state index < -0.39 is 10.4 Å². The minimum atomic E-state index is -4.67. The molecular formula is H17KMgO10S. The fraction of sp³-hybridized carbons (Fsp3) is 0. The van der Waals surface area contributed by atoms with Crippen molar-refractivity contribution in [2.75, 3.05) is 0 Å². The normalized spacial score (nSPS) is 4.46. The van der Waals surface area contributed by atoms with Crippen LogP contribution in [0.3, 0.4) is 0 Å². The van der Waals surface area contributed by atoms with E-state index >= 15 is 0 Å². The van der Waals surface area contributed by atoms with Crippen molar-refractivity contribution < 1.29 is 106 Å². The van der Waals surface area contributed by atoms with E-state index in [1.54, 1.807) is 0 Å². The SMILES string of the molecule is O.O.O.O.O.O.O=S(=O)(O)O.[H-].[H-].[H-].[K+].[Mg+2]. The molecule has 0 aromatic heterocycles. The van der Waals surface area contributed by atoms with Gasteiger partial charge in [-0.1, -0.05) is 0 Å². The molecule has 0 aliphatic rings. The molecule has 0 aromatic rings. The Labute approximate surface area is 138 Å². The van der Waals surface area contributed by atoms with Crippen LogP contribution < -0.4 is 51.4 Å². The van der Waals surface area contributed by atoms with Gasteiger partial charge in [0, 0.05) is 0 Å². The van der Waals surface area contributed by atoms with Crippen molar-refractivity contribution in [2.24, 2.45) is 0 Å². The molecule has 13 heteroatoms. The summed E-state index contributed by atoms with van der Waals surface area (Å²) in [5, 5.41) is 0. The summed E-state index contributed by atoms with van der Waals surface area (Å²) in [6.07, 6.45) is 0. The summed E-state index contributed by atoms with van der Waals surface area (Å²) >= 11 is 0. The smallest absolute Gasteiger partial charge is 1.00 e. The zero-order valence-corrected chi connectivity index (χ0v) is 12.2. The zero-order chi connectivity index (χ0) is 4.50. The third kappa shape index (κ3) is 492. The third-order valence-corrected chi connectivity index (χ3v) is 0. The maximum Gasteiger partial charge on any atom is 2.00 e. The molecule has 0 aromatic carbocycles. The van der Waals surface area contributed by atoms with Gasteiger partial charge in [0.25, 0.3) is 0 Å². The maximum atomic E-state index is 8.74. The molecular weight excluding hydrogens is 255 g/mol. The number of rotatable bonds is 0. The van der Waals surface area contributed by atoms with Gasteiger partial charge in [0.2, 0.25) is 0 Å². The molecule has 0 amide bonds. The van der Waals surface area contributed by atoms with Crippen LogP contribution in [0.2, 0.25) is 0 Å². The first-order chi connectivity index (χ1) is 2.00. The van der Waals surface area contributed by atoms with E-state index in [-0.39, 0.29) is 112 Å². The molecule has 14 N–H and O–H groups in total. The first-order valence-corrected chi connectivity index (χ1v) is 2.10. The molecule has 0 aliphatic heterocycles. The van der Waals surface area contributed by atoms with Crippen LogP contribution in [-0.2, 0) is 10.4 Å². The maximum absolute atomic E-state index is 8.74. The summed E-state index contributed by atoms with van der Waals surface area (Å²) in [7, 11) is -4.67. The first kappa shape index (κ1) is 81.3. The van der Waals surface area contributed by atoms with Gasteiger partial charge in [-0.2, -0.15) is 8.42 Å². The van der Waals surface area contributed by atoms with E-state index in [0.717, 1.165) is 0 Å². The van der Waals surface area contributed by atoms with E-state index in [0.29, 0.717) is 0 Å². The summed E-state index contributed by atoms with van der Waals surface area (Å²) < 4.78 is 31.6. The van der Waals surface area contributed by atoms with Gasteiger partial charge in [0.1, 0.15) is 0 Å². The van der Waals surface area contributed by atoms with Crippen molar-refractivity contribution in [3.05, 3.63) is 0 Å². The van der Waals surface area contributed by atoms with Gasteiger partial charge in [0.05, 0.1) is 0 Å². The predicted molar refractivity (Wildman–Crippen MR) is 45.0 cm³/mol. The number of hydrogen-bond donors (Lipinski definition) is 2. The molecule has 0 unspecified atom stereocenters. The van der Waals surface area contributed by atoms with Crippen molar-refractivity contribution in [1.29, 1.82) is 0 Å². The molecule has 0 bridgehead atoms. The van der Waals surface area contributed by atoms with Crippen LogP contribution in [0, 0.1) is 0 Å². The van der Waals surface area contributed by atoms with E-state index in [4.69, 9.17) is 17.5 Å². The Hall–Kier alpha value is 2.03. The Morgan fingerprint density at radius 2 is 0.769 bits per heavy atom. The second-order valence-electron chi connectivity index (χ2n) is 0.448. The van der Waals surface area contributed by atoms with Gasteiger partial charge in [-0.15, -0.1) is 0 Å². The minimum Gasteiger partial charge on any atom is -1.00 e. The molecule has 13 heavy (non-hydrogen) atoms. The van der Waals surface area contributed by atoms with Gasteiger partial charge in [-0.3, -0.25) is 9.11 Å². The Kier molecular flexibility index (Phi) is 231. The van der Waals surface area contributed by atoms with Gasteiger partial charge in [0.15, 0.2) is 0 Å². The summed E-state index contributed by atoms with van der Waals surface area (Å²) in [5.74, 6) is 0. The average molecular weight is 273 g/mol. The minimum absolute atomic E-state index is 0. The molecule has 0 fully saturated rings. The Bertz CT molecular complexity index is 109. The fourth-order valence-electron chi connectivity index (χ4n) is 0. The van der Waals surface area contributed by atoms with Crippen LogP contribution in [0.25, 0.3) is 0 Å². The average Bonchev–Trinajstić information content (AvgIpc) is 0.722.